The predicted molar refractivity (Wildman–Crippen MR) is 84.2 cm³/mol. The molecule has 1 aromatic carbocycles. The lowest BCUT2D eigenvalue weighted by atomic mass is 10.0. The number of nitrogens with zero attached hydrogens (tertiary/aromatic N) is 2. The van der Waals surface area contributed by atoms with Gasteiger partial charge in [0.2, 0.25) is 0 Å². The molecule has 0 amide bonds. The summed E-state index contributed by atoms with van der Waals surface area (Å²) in [6.45, 7) is 4.65. The molecule has 5 nitrogen and oxygen atoms in total. The average Bonchev–Trinajstić information content (AvgIpc) is 2.38. The molecule has 112 valence electrons. The van der Waals surface area contributed by atoms with Crippen LogP contribution in [0.3, 0.4) is 0 Å². The summed E-state index contributed by atoms with van der Waals surface area (Å²) in [6.07, 6.45) is 0. The van der Waals surface area contributed by atoms with Crippen LogP contribution in [0.5, 0.6) is 5.75 Å². The summed E-state index contributed by atoms with van der Waals surface area (Å²) in [4.78, 5) is 6.54. The maximum absolute atomic E-state index is 5.86. The van der Waals surface area contributed by atoms with E-state index in [1.165, 1.54) is 0 Å². The van der Waals surface area contributed by atoms with Gasteiger partial charge in [-0.25, -0.2) is 0 Å². The van der Waals surface area contributed by atoms with E-state index in [0.29, 0.717) is 12.5 Å². The van der Waals surface area contributed by atoms with Crippen molar-refractivity contribution >= 4 is 5.96 Å². The molecule has 0 aliphatic carbocycles. The van der Waals surface area contributed by atoms with E-state index in [-0.39, 0.29) is 12.1 Å². The molecule has 0 bridgehead atoms. The minimum Gasteiger partial charge on any atom is -0.496 e. The van der Waals surface area contributed by atoms with E-state index in [2.05, 4.69) is 21.3 Å². The summed E-state index contributed by atoms with van der Waals surface area (Å²) >= 11 is 0. The summed E-state index contributed by atoms with van der Waals surface area (Å²) in [5.74, 6) is 1.35. The standard InChI is InChI=1S/C15H26N4O/c1-11(2)18-15(16)17-10-13(19(3)4)12-8-6-7-9-14(12)20-5/h6-9,11,13H,10H2,1-5H3,(H3,16,17,18). The normalized spacial score (nSPS) is 13.7. The van der Waals surface area contributed by atoms with Gasteiger partial charge in [-0.2, -0.15) is 0 Å². The zero-order chi connectivity index (χ0) is 15.1. The van der Waals surface area contributed by atoms with Crippen LogP contribution in [-0.2, 0) is 0 Å². The van der Waals surface area contributed by atoms with Gasteiger partial charge in [0.15, 0.2) is 5.96 Å². The van der Waals surface area contributed by atoms with Gasteiger partial charge in [-0.05, 0) is 34.0 Å². The van der Waals surface area contributed by atoms with Crippen LogP contribution in [0.25, 0.3) is 0 Å². The Hall–Kier alpha value is -1.75. The van der Waals surface area contributed by atoms with Crippen LogP contribution in [0.1, 0.15) is 25.5 Å². The number of benzene rings is 1. The van der Waals surface area contributed by atoms with E-state index in [1.54, 1.807) is 7.11 Å². The molecule has 3 N–H and O–H groups in total. The Morgan fingerprint density at radius 1 is 1.35 bits per heavy atom. The Morgan fingerprint density at radius 2 is 2.00 bits per heavy atom. The third-order valence-corrected chi connectivity index (χ3v) is 2.99. The highest BCUT2D eigenvalue weighted by Crippen LogP contribution is 2.27. The molecule has 0 saturated heterocycles. The zero-order valence-corrected chi connectivity index (χ0v) is 13.1. The smallest absolute Gasteiger partial charge is 0.188 e. The molecule has 0 spiro atoms. The first-order valence-corrected chi connectivity index (χ1v) is 6.81. The van der Waals surface area contributed by atoms with Crippen molar-refractivity contribution in [1.82, 2.24) is 10.2 Å². The molecular weight excluding hydrogens is 252 g/mol. The van der Waals surface area contributed by atoms with Gasteiger partial charge in [-0.1, -0.05) is 18.2 Å². The number of guanidine groups is 1. The van der Waals surface area contributed by atoms with Crippen LogP contribution in [0.4, 0.5) is 0 Å². The van der Waals surface area contributed by atoms with Crippen LogP contribution in [0, 0.1) is 0 Å². The second-order valence-corrected chi connectivity index (χ2v) is 5.25. The van der Waals surface area contributed by atoms with Crippen molar-refractivity contribution in [2.45, 2.75) is 25.9 Å². The summed E-state index contributed by atoms with van der Waals surface area (Å²) in [5, 5.41) is 3.10. The molecule has 0 aliphatic rings. The number of rotatable bonds is 6. The van der Waals surface area contributed by atoms with Crippen LogP contribution >= 0.6 is 0 Å². The highest BCUT2D eigenvalue weighted by Gasteiger charge is 2.17. The van der Waals surface area contributed by atoms with E-state index >= 15 is 0 Å². The van der Waals surface area contributed by atoms with Gasteiger partial charge in [0.1, 0.15) is 5.75 Å². The van der Waals surface area contributed by atoms with Crippen LogP contribution in [0.2, 0.25) is 0 Å². The van der Waals surface area contributed by atoms with Crippen molar-refractivity contribution in [3.05, 3.63) is 29.8 Å². The Kier molecular flexibility index (Phi) is 6.31. The van der Waals surface area contributed by atoms with Crippen LogP contribution in [0.15, 0.2) is 29.3 Å². The van der Waals surface area contributed by atoms with E-state index < -0.39 is 0 Å². The third kappa shape index (κ3) is 4.74. The van der Waals surface area contributed by atoms with E-state index in [0.717, 1.165) is 11.3 Å². The van der Waals surface area contributed by atoms with Crippen molar-refractivity contribution in [1.29, 1.82) is 0 Å². The summed E-state index contributed by atoms with van der Waals surface area (Å²) in [6, 6.07) is 8.40. The summed E-state index contributed by atoms with van der Waals surface area (Å²) in [7, 11) is 5.74. The fourth-order valence-corrected chi connectivity index (χ4v) is 2.01. The summed E-state index contributed by atoms with van der Waals surface area (Å²) < 4.78 is 5.43. The molecule has 0 radical (unpaired) electrons. The van der Waals surface area contributed by atoms with E-state index in [4.69, 9.17) is 10.5 Å². The second kappa shape index (κ2) is 7.75. The molecule has 1 aromatic rings. The van der Waals surface area contributed by atoms with Gasteiger partial charge in [0, 0.05) is 11.6 Å². The number of ether oxygens (including phenoxy) is 1. The Bertz CT molecular complexity index is 443. The van der Waals surface area contributed by atoms with Gasteiger partial charge >= 0.3 is 0 Å². The zero-order valence-electron chi connectivity index (χ0n) is 13.1. The van der Waals surface area contributed by atoms with Gasteiger partial charge in [-0.15, -0.1) is 0 Å². The minimum atomic E-state index is 0.124. The quantitative estimate of drug-likeness (QED) is 0.613. The summed E-state index contributed by atoms with van der Waals surface area (Å²) in [5.41, 5.74) is 6.97. The van der Waals surface area contributed by atoms with Gasteiger partial charge in [0.05, 0.1) is 19.7 Å². The lowest BCUT2D eigenvalue weighted by molar-refractivity contribution is 0.295. The van der Waals surface area contributed by atoms with Crippen molar-refractivity contribution in [2.75, 3.05) is 27.7 Å². The fourth-order valence-electron chi connectivity index (χ4n) is 2.01. The Morgan fingerprint density at radius 3 is 2.55 bits per heavy atom. The SMILES string of the molecule is COc1ccccc1C(CN=C(N)NC(C)C)N(C)C. The first-order valence-electron chi connectivity index (χ1n) is 6.81. The molecule has 20 heavy (non-hydrogen) atoms. The molecule has 1 atom stereocenters. The molecule has 0 aliphatic heterocycles. The molecule has 0 saturated carbocycles. The largest absolute Gasteiger partial charge is 0.496 e. The second-order valence-electron chi connectivity index (χ2n) is 5.25. The molecular formula is C15H26N4O. The molecule has 0 aromatic heterocycles. The topological polar surface area (TPSA) is 62.9 Å². The number of nitrogens with two attached hydrogens (primary N) is 1. The first-order chi connectivity index (χ1) is 9.45. The highest BCUT2D eigenvalue weighted by molar-refractivity contribution is 5.78. The Labute approximate surface area is 121 Å². The fraction of sp³-hybridized carbons (Fsp3) is 0.533. The number of methoxy groups -OCH3 is 1. The number of nitrogens with one attached hydrogen (secondary N) is 1. The van der Waals surface area contributed by atoms with Crippen molar-refractivity contribution in [2.24, 2.45) is 10.7 Å². The number of para-hydroxylation sites is 1. The van der Waals surface area contributed by atoms with Gasteiger partial charge in [0.25, 0.3) is 0 Å². The number of likely N-dealkylation sites (N-methyl/N-ethyl adjacent to an activating group) is 1. The lowest BCUT2D eigenvalue weighted by Gasteiger charge is -2.25. The maximum atomic E-state index is 5.86. The van der Waals surface area contributed by atoms with Crippen LogP contribution in [-0.4, -0.2) is 44.7 Å². The number of hydrogen-bond donors (Lipinski definition) is 2. The Balaban J connectivity index is 2.90. The minimum absolute atomic E-state index is 0.124. The molecule has 5 heteroatoms. The predicted octanol–water partition coefficient (Wildman–Crippen LogP) is 1.61. The van der Waals surface area contributed by atoms with Crippen molar-refractivity contribution in [3.8, 4) is 5.75 Å². The number of hydrogen-bond acceptors (Lipinski definition) is 3. The maximum Gasteiger partial charge on any atom is 0.188 e. The van der Waals surface area contributed by atoms with E-state index in [9.17, 15) is 0 Å². The van der Waals surface area contributed by atoms with Gasteiger partial charge < -0.3 is 20.7 Å². The van der Waals surface area contributed by atoms with Crippen LogP contribution < -0.4 is 15.8 Å². The lowest BCUT2D eigenvalue weighted by Crippen LogP contribution is -2.37. The van der Waals surface area contributed by atoms with Crippen molar-refractivity contribution < 1.29 is 4.74 Å². The van der Waals surface area contributed by atoms with E-state index in [1.807, 2.05) is 46.1 Å². The molecule has 0 fully saturated rings. The molecule has 0 heterocycles. The number of aliphatic imine (C=N–C) groups is 1. The van der Waals surface area contributed by atoms with Gasteiger partial charge in [-0.3, -0.25) is 4.99 Å². The average molecular weight is 278 g/mol. The monoisotopic (exact) mass is 278 g/mol. The molecule has 1 unspecified atom stereocenters. The third-order valence-electron chi connectivity index (χ3n) is 2.99. The molecule has 1 rings (SSSR count). The van der Waals surface area contributed by atoms with Crippen molar-refractivity contribution in [3.63, 3.8) is 0 Å². The highest BCUT2D eigenvalue weighted by atomic mass is 16.5. The first kappa shape index (κ1) is 16.3.